The maximum absolute atomic E-state index is 12.8. The lowest BCUT2D eigenvalue weighted by Gasteiger charge is -2.13. The molecule has 0 atom stereocenters. The van der Waals surface area contributed by atoms with Crippen molar-refractivity contribution in [3.63, 3.8) is 0 Å². The highest BCUT2D eigenvalue weighted by atomic mass is 35.5. The summed E-state index contributed by atoms with van der Waals surface area (Å²) >= 11 is 20.8. The first-order valence-corrected chi connectivity index (χ1v) is 12.7. The third-order valence-corrected chi connectivity index (χ3v) is 8.30. The Kier molecular flexibility index (Phi) is 6.07. The lowest BCUT2D eigenvalue weighted by atomic mass is 10.1. The van der Waals surface area contributed by atoms with Gasteiger partial charge in [0, 0.05) is 26.4 Å². The predicted octanol–water partition coefficient (Wildman–Crippen LogP) is 7.92. The standard InChI is InChI=1S/C24H15Cl2N3OS3/c1-12-14(23-27-17-6-2-3-8-18(17)33-23)5-4-7-16(12)28-24(31)29-22(30)21-20(26)15-10-9-13(25)11-19(15)32-21/h2-11H,1H3,(H2,28,29,30,31). The highest BCUT2D eigenvalue weighted by Gasteiger charge is 2.19. The second kappa shape index (κ2) is 9.00. The smallest absolute Gasteiger partial charge is 0.269 e. The summed E-state index contributed by atoms with van der Waals surface area (Å²) in [6, 6.07) is 19.3. The van der Waals surface area contributed by atoms with Crippen molar-refractivity contribution in [1.29, 1.82) is 0 Å². The number of carbonyl (C=O) groups excluding carboxylic acids is 1. The molecule has 0 saturated carbocycles. The van der Waals surface area contributed by atoms with Crippen molar-refractivity contribution in [3.8, 4) is 10.6 Å². The second-order valence-corrected chi connectivity index (χ2v) is 10.6. The van der Waals surface area contributed by atoms with Gasteiger partial charge < -0.3 is 5.32 Å². The Morgan fingerprint density at radius 2 is 1.82 bits per heavy atom. The minimum absolute atomic E-state index is 0.191. The van der Waals surface area contributed by atoms with Crippen LogP contribution in [0.25, 0.3) is 30.9 Å². The number of carbonyl (C=O) groups is 1. The monoisotopic (exact) mass is 527 g/mol. The third kappa shape index (κ3) is 4.35. The maximum Gasteiger partial charge on any atom is 0.269 e. The van der Waals surface area contributed by atoms with Crippen LogP contribution in [0, 0.1) is 6.92 Å². The van der Waals surface area contributed by atoms with Crippen molar-refractivity contribution in [3.05, 3.63) is 81.1 Å². The fourth-order valence-corrected chi connectivity index (χ4v) is 6.43. The molecule has 0 aliphatic rings. The number of thiocarbonyl (C=S) groups is 1. The first kappa shape index (κ1) is 22.3. The average Bonchev–Trinajstić information content (AvgIpc) is 3.36. The zero-order valence-electron chi connectivity index (χ0n) is 17.1. The average molecular weight is 529 g/mol. The van der Waals surface area contributed by atoms with Crippen molar-refractivity contribution in [2.75, 3.05) is 5.32 Å². The summed E-state index contributed by atoms with van der Waals surface area (Å²) in [4.78, 5) is 18.0. The van der Waals surface area contributed by atoms with Crippen LogP contribution in [-0.4, -0.2) is 16.0 Å². The van der Waals surface area contributed by atoms with Gasteiger partial charge in [0.1, 0.15) is 9.88 Å². The van der Waals surface area contributed by atoms with Crippen molar-refractivity contribution >= 4 is 95.1 Å². The van der Waals surface area contributed by atoms with Crippen molar-refractivity contribution in [2.45, 2.75) is 6.92 Å². The molecule has 4 nitrogen and oxygen atoms in total. The number of hydrogen-bond acceptors (Lipinski definition) is 5. The molecule has 0 spiro atoms. The summed E-state index contributed by atoms with van der Waals surface area (Å²) < 4.78 is 1.98. The van der Waals surface area contributed by atoms with Crippen LogP contribution >= 0.6 is 58.1 Å². The number of nitrogens with zero attached hydrogens (tertiary/aromatic N) is 1. The zero-order valence-corrected chi connectivity index (χ0v) is 21.1. The van der Waals surface area contributed by atoms with Gasteiger partial charge in [0.15, 0.2) is 5.11 Å². The summed E-state index contributed by atoms with van der Waals surface area (Å²) in [5.41, 5.74) is 3.77. The van der Waals surface area contributed by atoms with Crippen LogP contribution in [0.5, 0.6) is 0 Å². The Bertz CT molecular complexity index is 1520. The first-order valence-electron chi connectivity index (χ1n) is 9.86. The minimum atomic E-state index is -0.366. The molecular formula is C24H15Cl2N3OS3. The molecule has 2 N–H and O–H groups in total. The molecule has 0 aliphatic carbocycles. The summed E-state index contributed by atoms with van der Waals surface area (Å²) in [6.07, 6.45) is 0. The van der Waals surface area contributed by atoms with Gasteiger partial charge >= 0.3 is 0 Å². The van der Waals surface area contributed by atoms with E-state index in [0.29, 0.717) is 14.9 Å². The quantitative estimate of drug-likeness (QED) is 0.234. The van der Waals surface area contributed by atoms with Gasteiger partial charge in [-0.25, -0.2) is 4.98 Å². The molecule has 5 aromatic rings. The largest absolute Gasteiger partial charge is 0.332 e. The van der Waals surface area contributed by atoms with E-state index in [1.807, 2.05) is 43.3 Å². The SMILES string of the molecule is Cc1c(NC(=S)NC(=O)c2sc3cc(Cl)ccc3c2Cl)cccc1-c1nc2ccccc2s1. The molecule has 5 rings (SSSR count). The molecule has 9 heteroatoms. The molecule has 1 amide bonds. The van der Waals surface area contributed by atoms with Crippen molar-refractivity contribution in [2.24, 2.45) is 0 Å². The van der Waals surface area contributed by atoms with E-state index in [0.717, 1.165) is 42.1 Å². The topological polar surface area (TPSA) is 54.0 Å². The van der Waals surface area contributed by atoms with Crippen LogP contribution in [0.2, 0.25) is 10.0 Å². The fraction of sp³-hybridized carbons (Fsp3) is 0.0417. The Morgan fingerprint density at radius 1 is 1.00 bits per heavy atom. The number of fused-ring (bicyclic) bond motifs is 2. The number of thiophene rings is 1. The minimum Gasteiger partial charge on any atom is -0.332 e. The van der Waals surface area contributed by atoms with Crippen LogP contribution in [0.3, 0.4) is 0 Å². The number of amides is 1. The number of benzene rings is 3. The van der Waals surface area contributed by atoms with E-state index in [1.54, 1.807) is 29.5 Å². The van der Waals surface area contributed by atoms with Gasteiger partial charge in [-0.15, -0.1) is 22.7 Å². The molecule has 0 bridgehead atoms. The van der Waals surface area contributed by atoms with Gasteiger partial charge in [0.05, 0.1) is 15.2 Å². The molecule has 0 saturated heterocycles. The Morgan fingerprint density at radius 3 is 2.64 bits per heavy atom. The van der Waals surface area contributed by atoms with E-state index in [1.165, 1.54) is 11.3 Å². The van der Waals surface area contributed by atoms with Gasteiger partial charge in [0.2, 0.25) is 0 Å². The van der Waals surface area contributed by atoms with Crippen LogP contribution in [0.15, 0.2) is 60.7 Å². The molecule has 33 heavy (non-hydrogen) atoms. The summed E-state index contributed by atoms with van der Waals surface area (Å²) in [5, 5.41) is 8.76. The molecule has 0 unspecified atom stereocenters. The fourth-order valence-electron chi connectivity index (χ4n) is 3.49. The number of nitrogens with one attached hydrogen (secondary N) is 2. The molecule has 0 radical (unpaired) electrons. The lowest BCUT2D eigenvalue weighted by Crippen LogP contribution is -2.34. The normalized spacial score (nSPS) is 11.1. The Labute approximate surface area is 213 Å². The van der Waals surface area contributed by atoms with E-state index >= 15 is 0 Å². The molecule has 2 heterocycles. The van der Waals surface area contributed by atoms with Gasteiger partial charge in [-0.05, 0) is 55.0 Å². The third-order valence-electron chi connectivity index (χ3n) is 5.13. The van der Waals surface area contributed by atoms with Crippen LogP contribution in [-0.2, 0) is 0 Å². The van der Waals surface area contributed by atoms with Crippen molar-refractivity contribution in [1.82, 2.24) is 10.3 Å². The summed E-state index contributed by atoms with van der Waals surface area (Å²) in [6.45, 7) is 2.00. The zero-order chi connectivity index (χ0) is 23.1. The van der Waals surface area contributed by atoms with Crippen LogP contribution in [0.1, 0.15) is 15.2 Å². The van der Waals surface area contributed by atoms with Crippen molar-refractivity contribution < 1.29 is 4.79 Å². The lowest BCUT2D eigenvalue weighted by molar-refractivity contribution is 0.0982. The Balaban J connectivity index is 1.36. The number of anilines is 1. The number of aromatic nitrogens is 1. The number of rotatable bonds is 3. The Hall–Kier alpha value is -2.55. The van der Waals surface area contributed by atoms with E-state index in [9.17, 15) is 4.79 Å². The number of para-hydroxylation sites is 1. The van der Waals surface area contributed by atoms with Crippen LogP contribution < -0.4 is 10.6 Å². The molecule has 0 fully saturated rings. The number of halogens is 2. The second-order valence-electron chi connectivity index (χ2n) is 7.26. The highest BCUT2D eigenvalue weighted by molar-refractivity contribution is 7.80. The molecular weight excluding hydrogens is 513 g/mol. The van der Waals surface area contributed by atoms with E-state index in [-0.39, 0.29) is 11.0 Å². The molecule has 0 aliphatic heterocycles. The molecule has 164 valence electrons. The van der Waals surface area contributed by atoms with Crippen LogP contribution in [0.4, 0.5) is 5.69 Å². The molecule has 2 aromatic heterocycles. The first-order chi connectivity index (χ1) is 15.9. The number of thiazole rings is 1. The molecule has 3 aromatic carbocycles. The van der Waals surface area contributed by atoms with Gasteiger partial charge in [0.25, 0.3) is 5.91 Å². The van der Waals surface area contributed by atoms with Gasteiger partial charge in [-0.2, -0.15) is 0 Å². The van der Waals surface area contributed by atoms with Gasteiger partial charge in [-0.3, -0.25) is 10.1 Å². The summed E-state index contributed by atoms with van der Waals surface area (Å²) in [5.74, 6) is -0.366. The summed E-state index contributed by atoms with van der Waals surface area (Å²) in [7, 11) is 0. The number of hydrogen-bond donors (Lipinski definition) is 2. The van der Waals surface area contributed by atoms with E-state index < -0.39 is 0 Å². The van der Waals surface area contributed by atoms with E-state index in [4.69, 9.17) is 40.4 Å². The maximum atomic E-state index is 12.8. The van der Waals surface area contributed by atoms with E-state index in [2.05, 4.69) is 16.7 Å². The van der Waals surface area contributed by atoms with Gasteiger partial charge in [-0.1, -0.05) is 53.5 Å². The highest BCUT2D eigenvalue weighted by Crippen LogP contribution is 2.37. The predicted molar refractivity (Wildman–Crippen MR) is 145 cm³/mol.